The minimum atomic E-state index is -1.13. The van der Waals surface area contributed by atoms with E-state index in [1.54, 1.807) is 31.6 Å². The maximum Gasteiger partial charge on any atom is 0.333 e. The van der Waals surface area contributed by atoms with E-state index in [0.717, 1.165) is 43.7 Å². The Hall–Kier alpha value is -4.69. The van der Waals surface area contributed by atoms with Gasteiger partial charge in [-0.2, -0.15) is 5.26 Å². The smallest absolute Gasteiger partial charge is 0.333 e. The Labute approximate surface area is 242 Å². The van der Waals surface area contributed by atoms with Crippen LogP contribution >= 0.6 is 11.3 Å². The van der Waals surface area contributed by atoms with Crippen LogP contribution in [0.5, 0.6) is 5.75 Å². The summed E-state index contributed by atoms with van der Waals surface area (Å²) in [6.07, 6.45) is 4.98. The molecule has 0 saturated carbocycles. The Bertz CT molecular complexity index is 1470. The van der Waals surface area contributed by atoms with Gasteiger partial charge in [0.25, 0.3) is 11.8 Å². The molecule has 2 aromatic carbocycles. The topological polar surface area (TPSA) is 135 Å². The van der Waals surface area contributed by atoms with E-state index in [0.29, 0.717) is 22.4 Å². The zero-order valence-electron chi connectivity index (χ0n) is 22.9. The van der Waals surface area contributed by atoms with Crippen molar-refractivity contribution in [1.82, 2.24) is 15.1 Å². The molecule has 0 aliphatic carbocycles. The highest BCUT2D eigenvalue weighted by atomic mass is 32.1. The van der Waals surface area contributed by atoms with Gasteiger partial charge in [-0.15, -0.1) is 11.3 Å². The van der Waals surface area contributed by atoms with Gasteiger partial charge in [-0.3, -0.25) is 9.59 Å². The van der Waals surface area contributed by atoms with Crippen LogP contribution in [0.15, 0.2) is 59.6 Å². The normalized spacial score (nSPS) is 13.8. The van der Waals surface area contributed by atoms with Crippen LogP contribution in [0.1, 0.15) is 61.3 Å². The number of ether oxygens (including phenoxy) is 1. The van der Waals surface area contributed by atoms with Crippen molar-refractivity contribution in [1.29, 1.82) is 5.26 Å². The van der Waals surface area contributed by atoms with Crippen molar-refractivity contribution >= 4 is 41.1 Å². The number of likely N-dealkylation sites (tertiary alicyclic amines) is 1. The Morgan fingerprint density at radius 3 is 2.56 bits per heavy atom. The number of benzene rings is 2. The van der Waals surface area contributed by atoms with Gasteiger partial charge in [-0.05, 0) is 54.7 Å². The zero-order chi connectivity index (χ0) is 29.4. The molecule has 1 atom stereocenters. The van der Waals surface area contributed by atoms with Gasteiger partial charge in [-0.1, -0.05) is 30.3 Å². The number of hydrogen-bond donors (Lipinski definition) is 2. The number of carbonyl (C=O) groups excluding carboxylic acids is 3. The van der Waals surface area contributed by atoms with E-state index in [4.69, 9.17) is 4.74 Å². The van der Waals surface area contributed by atoms with Crippen LogP contribution in [-0.4, -0.2) is 66.3 Å². The lowest BCUT2D eigenvalue weighted by atomic mass is 10.1. The Kier molecular flexibility index (Phi) is 9.71. The number of carbonyl (C=O) groups is 3. The summed E-state index contributed by atoms with van der Waals surface area (Å²) in [7, 11) is 2.85. The fraction of sp³-hybridized carbons (Fsp3) is 0.300. The monoisotopic (exact) mass is 573 g/mol. The molecule has 2 amide bonds. The molecule has 2 N–H and O–H groups in total. The van der Waals surface area contributed by atoms with Gasteiger partial charge in [0.15, 0.2) is 6.04 Å². The van der Waals surface area contributed by atoms with Crippen LogP contribution in [0.4, 0.5) is 5.69 Å². The van der Waals surface area contributed by atoms with Gasteiger partial charge in [0, 0.05) is 26.7 Å². The zero-order valence-corrected chi connectivity index (χ0v) is 23.7. The number of rotatable bonds is 9. The second kappa shape index (κ2) is 13.6. The van der Waals surface area contributed by atoms with Gasteiger partial charge in [-0.25, -0.2) is 9.79 Å². The predicted octanol–water partition coefficient (Wildman–Crippen LogP) is 4.39. The first-order chi connectivity index (χ1) is 19.8. The van der Waals surface area contributed by atoms with E-state index in [9.17, 15) is 24.8 Å². The van der Waals surface area contributed by atoms with Crippen LogP contribution in [0, 0.1) is 11.3 Å². The van der Waals surface area contributed by atoms with E-state index in [1.807, 2.05) is 6.07 Å². The van der Waals surface area contributed by atoms with Crippen molar-refractivity contribution in [2.45, 2.75) is 31.8 Å². The van der Waals surface area contributed by atoms with Crippen LogP contribution in [0.25, 0.3) is 0 Å². The van der Waals surface area contributed by atoms with Gasteiger partial charge in [0.2, 0.25) is 0 Å². The highest BCUT2D eigenvalue weighted by Crippen LogP contribution is 2.32. The highest BCUT2D eigenvalue weighted by molar-refractivity contribution is 7.16. The molecule has 0 spiro atoms. The molecule has 3 aromatic rings. The predicted molar refractivity (Wildman–Crippen MR) is 155 cm³/mol. The summed E-state index contributed by atoms with van der Waals surface area (Å²) in [5, 5.41) is 21.8. The Morgan fingerprint density at radius 1 is 1.17 bits per heavy atom. The number of nitriles is 1. The van der Waals surface area contributed by atoms with Crippen molar-refractivity contribution in [2.24, 2.45) is 4.99 Å². The third-order valence-electron chi connectivity index (χ3n) is 6.71. The second-order valence-corrected chi connectivity index (χ2v) is 10.7. The number of nitrogens with one attached hydrogen (secondary N) is 1. The average Bonchev–Trinajstić information content (AvgIpc) is 3.43. The molecule has 212 valence electrons. The molecular formula is C30H31N5O5S. The SMILES string of the molecule is COC(=O)C(NC(=O)c1cc(N=CN2CCCCC2)c(C(=O)N(C)Cc2ccccc2C#N)s1)c1ccc(O)cc1. The van der Waals surface area contributed by atoms with Crippen molar-refractivity contribution < 1.29 is 24.2 Å². The summed E-state index contributed by atoms with van der Waals surface area (Å²) >= 11 is 0.977. The largest absolute Gasteiger partial charge is 0.508 e. The first kappa shape index (κ1) is 29.3. The molecule has 1 fully saturated rings. The molecule has 1 unspecified atom stereocenters. The van der Waals surface area contributed by atoms with Crippen LogP contribution in [0.3, 0.4) is 0 Å². The fourth-order valence-electron chi connectivity index (χ4n) is 4.45. The lowest BCUT2D eigenvalue weighted by Gasteiger charge is -2.23. The number of aliphatic imine (C=N–C) groups is 1. The Balaban J connectivity index is 1.63. The maximum absolute atomic E-state index is 13.6. The fourth-order valence-corrected chi connectivity index (χ4v) is 5.45. The molecule has 0 bridgehead atoms. The number of phenols is 1. The number of phenolic OH excluding ortho intramolecular Hbond substituents is 1. The average molecular weight is 574 g/mol. The van der Waals surface area contributed by atoms with E-state index in [1.165, 1.54) is 42.3 Å². The molecule has 41 heavy (non-hydrogen) atoms. The summed E-state index contributed by atoms with van der Waals surface area (Å²) in [6, 6.07) is 15.5. The summed E-state index contributed by atoms with van der Waals surface area (Å²) in [5.41, 5.74) is 1.95. The van der Waals surface area contributed by atoms with E-state index < -0.39 is 17.9 Å². The first-order valence-electron chi connectivity index (χ1n) is 13.1. The van der Waals surface area contributed by atoms with Crippen molar-refractivity contribution in [3.8, 4) is 11.8 Å². The summed E-state index contributed by atoms with van der Waals surface area (Å²) in [4.78, 5) is 48.1. The van der Waals surface area contributed by atoms with Crippen LogP contribution in [-0.2, 0) is 16.1 Å². The Morgan fingerprint density at radius 2 is 1.88 bits per heavy atom. The number of nitrogens with zero attached hydrogens (tertiary/aromatic N) is 4. The number of thiophene rings is 1. The maximum atomic E-state index is 13.6. The summed E-state index contributed by atoms with van der Waals surface area (Å²) in [5.74, 6) is -1.60. The van der Waals surface area contributed by atoms with Crippen LogP contribution < -0.4 is 5.32 Å². The molecule has 1 aliphatic heterocycles. The van der Waals surface area contributed by atoms with E-state index in [-0.39, 0.29) is 28.0 Å². The molecule has 4 rings (SSSR count). The molecule has 1 aliphatic rings. The molecule has 10 nitrogen and oxygen atoms in total. The highest BCUT2D eigenvalue weighted by Gasteiger charge is 2.28. The molecule has 11 heteroatoms. The third-order valence-corrected chi connectivity index (χ3v) is 7.82. The van der Waals surface area contributed by atoms with Gasteiger partial charge < -0.3 is 25.0 Å². The number of methoxy groups -OCH3 is 1. The van der Waals surface area contributed by atoms with Crippen molar-refractivity contribution in [3.05, 3.63) is 81.0 Å². The number of esters is 1. The second-order valence-electron chi connectivity index (χ2n) is 9.62. The first-order valence-corrected chi connectivity index (χ1v) is 14.0. The number of amides is 2. The molecular weight excluding hydrogens is 542 g/mol. The quantitative estimate of drug-likeness (QED) is 0.220. The molecule has 2 heterocycles. The number of aromatic hydroxyl groups is 1. The van der Waals surface area contributed by atoms with Gasteiger partial charge >= 0.3 is 5.97 Å². The minimum absolute atomic E-state index is 0.0165. The van der Waals surface area contributed by atoms with E-state index >= 15 is 0 Å². The van der Waals surface area contributed by atoms with E-state index in [2.05, 4.69) is 21.3 Å². The number of hydrogen-bond acceptors (Lipinski definition) is 8. The molecule has 1 saturated heterocycles. The number of piperidine rings is 1. The summed E-state index contributed by atoms with van der Waals surface area (Å²) in [6.45, 7) is 1.92. The molecule has 0 radical (unpaired) electrons. The van der Waals surface area contributed by atoms with Crippen molar-refractivity contribution in [3.63, 3.8) is 0 Å². The standard InChI is InChI=1S/C30H31N5O5S/c1-34(18-22-9-5-4-8-21(22)17-31)29(38)27-24(32-19-35-14-6-3-7-15-35)16-25(41-27)28(37)33-26(30(39)40-2)20-10-12-23(36)13-11-20/h4-5,8-13,16,19,26,36H,3,6-7,14-15,18H2,1-2H3,(H,33,37). The third kappa shape index (κ3) is 7.29. The van der Waals surface area contributed by atoms with Crippen LogP contribution in [0.2, 0.25) is 0 Å². The molecule has 1 aromatic heterocycles. The van der Waals surface area contributed by atoms with Gasteiger partial charge in [0.05, 0.1) is 35.6 Å². The van der Waals surface area contributed by atoms with Gasteiger partial charge in [0.1, 0.15) is 10.6 Å². The summed E-state index contributed by atoms with van der Waals surface area (Å²) < 4.78 is 4.89. The lowest BCUT2D eigenvalue weighted by molar-refractivity contribution is -0.143. The van der Waals surface area contributed by atoms with Crippen molar-refractivity contribution in [2.75, 3.05) is 27.2 Å². The minimum Gasteiger partial charge on any atom is -0.508 e. The lowest BCUT2D eigenvalue weighted by Crippen LogP contribution is -2.34.